The van der Waals surface area contributed by atoms with Crippen molar-refractivity contribution in [3.05, 3.63) is 10.1 Å². The predicted molar refractivity (Wildman–Crippen MR) is 10.2 cm³/mol. The summed E-state index contributed by atoms with van der Waals surface area (Å²) in [5.41, 5.74) is 0. The summed E-state index contributed by atoms with van der Waals surface area (Å²) in [6, 6.07) is 0. The highest BCUT2D eigenvalue weighted by Gasteiger charge is 1.81. The Bertz CT molecular complexity index is 40.2. The molecule has 5 heteroatoms. The minimum Gasteiger partial charge on any atom is -0.179 e. The van der Waals surface area contributed by atoms with Crippen LogP contribution in [-0.2, 0) is 4.94 Å². The van der Waals surface area contributed by atoms with E-state index in [1.807, 2.05) is 0 Å². The van der Waals surface area contributed by atoms with Crippen molar-refractivity contribution in [3.63, 3.8) is 0 Å². The van der Waals surface area contributed by atoms with Crippen molar-refractivity contribution in [3.8, 4) is 0 Å². The number of hydrogen-bond acceptors (Lipinski definition) is 3. The minimum absolute atomic E-state index is 1.32. The lowest BCUT2D eigenvalue weighted by Gasteiger charge is -1.69. The molecule has 0 aliphatic rings. The number of hydrogen-bond donors (Lipinski definition) is 0. The molecule has 0 aliphatic carbocycles. The molecule has 0 amide bonds. The fraction of sp³-hybridized carbons (Fsp3) is 0. The Kier molecular flexibility index (Phi) is 1.23. The minimum atomic E-state index is -1.32. The Morgan fingerprint density at radius 3 is 2.20 bits per heavy atom. The summed E-state index contributed by atoms with van der Waals surface area (Å²) in [5, 5.41) is 7.38. The highest BCUT2D eigenvalue weighted by Crippen LogP contribution is 1.55. The molecule has 0 aromatic heterocycles. The lowest BCUT2D eigenvalue weighted by Crippen LogP contribution is -1.94. The lowest BCUT2D eigenvalue weighted by molar-refractivity contribution is -0.766. The zero-order valence-electron chi connectivity index (χ0n) is 2.12. The van der Waals surface area contributed by atoms with E-state index in [0.29, 0.717) is 0 Å². The lowest BCUT2D eigenvalue weighted by atomic mass is 13.0. The summed E-state index contributed by atoms with van der Waals surface area (Å²) >= 11 is 0. The molecule has 0 fully saturated rings. The first kappa shape index (κ1) is 4.16. The number of nitrogens with zero attached hydrogens (tertiary/aromatic N) is 2. The van der Waals surface area contributed by atoms with Gasteiger partial charge in [-0.15, -0.1) is 10.1 Å². The van der Waals surface area contributed by atoms with Crippen molar-refractivity contribution in [2.75, 3.05) is 0 Å². The van der Waals surface area contributed by atoms with E-state index in [2.05, 4.69) is 4.94 Å². The first-order valence-corrected chi connectivity index (χ1v) is 0.730. The predicted octanol–water partition coefficient (Wildman–Crippen LogP) is -0.822. The molecule has 0 bridgehead atoms. The van der Waals surface area contributed by atoms with Crippen LogP contribution < -0.4 is 5.90 Å². The van der Waals surface area contributed by atoms with Gasteiger partial charge in [-0.1, -0.05) is 0 Å². The topological polar surface area (TPSA) is 74.7 Å². The van der Waals surface area contributed by atoms with Crippen LogP contribution in [0.4, 0.5) is 0 Å². The van der Waals surface area contributed by atoms with Crippen LogP contribution >= 0.6 is 0 Å². The van der Waals surface area contributed by atoms with Crippen LogP contribution in [-0.4, -0.2) is 5.09 Å². The van der Waals surface area contributed by atoms with Crippen LogP contribution in [0.1, 0.15) is 0 Å². The van der Waals surface area contributed by atoms with Gasteiger partial charge in [0, 0.05) is 0 Å². The summed E-state index contributed by atoms with van der Waals surface area (Å²) in [4.78, 5) is 11.2. The standard InChI is InChI=1S/N2O3/c1-5-2(3)4. The van der Waals surface area contributed by atoms with Gasteiger partial charge >= 0.3 is 5.09 Å². The molecule has 0 aliphatic heterocycles. The molecule has 0 saturated heterocycles. The van der Waals surface area contributed by atoms with Crippen molar-refractivity contribution in [2.45, 2.75) is 0 Å². The Hall–Kier alpha value is -0.840. The second-order valence-corrected chi connectivity index (χ2v) is 0.305. The van der Waals surface area contributed by atoms with E-state index in [9.17, 15) is 0 Å². The monoisotopic (exact) mass is 76.0 g/mol. The smallest absolute Gasteiger partial charge is 0.179 e. The SMILES string of the molecule is [N]O[N+](=O)[O-]. The molecular weight excluding hydrogens is 76.0 g/mol. The maximum absolute atomic E-state index is 8.70. The first-order valence-electron chi connectivity index (χ1n) is 0.730. The third kappa shape index (κ3) is 3.16. The normalized spacial score (nSPS) is 6.60. The van der Waals surface area contributed by atoms with Crippen LogP contribution in [0.25, 0.3) is 0 Å². The van der Waals surface area contributed by atoms with E-state index >= 15 is 0 Å². The van der Waals surface area contributed by atoms with Crippen molar-refractivity contribution in [1.82, 2.24) is 5.90 Å². The Morgan fingerprint density at radius 1 is 2.00 bits per heavy atom. The molecule has 2 radical (unpaired) electrons. The zero-order valence-corrected chi connectivity index (χ0v) is 2.12. The first-order chi connectivity index (χ1) is 2.27. The zero-order chi connectivity index (χ0) is 4.28. The molecule has 5 nitrogen and oxygen atoms in total. The van der Waals surface area contributed by atoms with Gasteiger partial charge < -0.3 is 0 Å². The van der Waals surface area contributed by atoms with Crippen LogP contribution in [0, 0.1) is 10.1 Å². The van der Waals surface area contributed by atoms with Gasteiger partial charge in [-0.2, -0.15) is 4.94 Å². The van der Waals surface area contributed by atoms with Crippen molar-refractivity contribution in [1.29, 1.82) is 0 Å². The molecule has 0 rings (SSSR count). The summed E-state index contributed by atoms with van der Waals surface area (Å²) < 4.78 is 0. The van der Waals surface area contributed by atoms with Gasteiger partial charge in [0.15, 0.2) is 0 Å². The van der Waals surface area contributed by atoms with Crippen LogP contribution in [0.5, 0.6) is 0 Å². The average Bonchev–Trinajstić information content (AvgIpc) is 1.38. The second-order valence-electron chi connectivity index (χ2n) is 0.305. The maximum atomic E-state index is 8.70. The molecule has 0 saturated carbocycles. The molecule has 5 heavy (non-hydrogen) atoms. The average molecular weight is 76.0 g/mol. The fourth-order valence-corrected chi connectivity index (χ4v) is 0. The van der Waals surface area contributed by atoms with Gasteiger partial charge in [0.2, 0.25) is 0 Å². The van der Waals surface area contributed by atoms with E-state index in [1.54, 1.807) is 0 Å². The molecule has 0 unspecified atom stereocenters. The maximum Gasteiger partial charge on any atom is 0.314 e. The Morgan fingerprint density at radius 2 is 2.20 bits per heavy atom. The van der Waals surface area contributed by atoms with Crippen molar-refractivity contribution in [2.24, 2.45) is 0 Å². The summed E-state index contributed by atoms with van der Waals surface area (Å²) in [6.07, 6.45) is 0. The molecular formula is N2O3. The van der Waals surface area contributed by atoms with E-state index in [1.165, 1.54) is 0 Å². The highest BCUT2D eigenvalue weighted by molar-refractivity contribution is 3.85. The molecule has 0 spiro atoms. The van der Waals surface area contributed by atoms with E-state index < -0.39 is 5.09 Å². The van der Waals surface area contributed by atoms with Gasteiger partial charge in [-0.3, -0.25) is 0 Å². The quantitative estimate of drug-likeness (QED) is 0.302. The van der Waals surface area contributed by atoms with Crippen LogP contribution in [0.2, 0.25) is 0 Å². The Labute approximate surface area is 27.4 Å². The molecule has 28 valence electrons. The van der Waals surface area contributed by atoms with Crippen LogP contribution in [0.15, 0.2) is 0 Å². The molecule has 0 aromatic rings. The summed E-state index contributed by atoms with van der Waals surface area (Å²) in [6.45, 7) is 0. The molecule has 0 aromatic carbocycles. The summed E-state index contributed by atoms with van der Waals surface area (Å²) in [5.74, 6) is 6.94. The third-order valence-electron chi connectivity index (χ3n) is 0.0667. The second kappa shape index (κ2) is 1.48. The van der Waals surface area contributed by atoms with E-state index in [0.717, 1.165) is 0 Å². The van der Waals surface area contributed by atoms with Gasteiger partial charge in [0.1, 0.15) is 0 Å². The summed E-state index contributed by atoms with van der Waals surface area (Å²) in [7, 11) is 0. The van der Waals surface area contributed by atoms with Gasteiger partial charge in [0.25, 0.3) is 0 Å². The van der Waals surface area contributed by atoms with E-state index in [4.69, 9.17) is 16.0 Å². The largest absolute Gasteiger partial charge is 0.314 e. The van der Waals surface area contributed by atoms with E-state index in [-0.39, 0.29) is 0 Å². The highest BCUT2D eigenvalue weighted by atomic mass is 17.0. The van der Waals surface area contributed by atoms with Gasteiger partial charge in [-0.25, -0.2) is 0 Å². The van der Waals surface area contributed by atoms with Gasteiger partial charge in [-0.05, 0) is 0 Å². The van der Waals surface area contributed by atoms with Crippen LogP contribution in [0.3, 0.4) is 0 Å². The molecule has 0 N–H and O–H groups in total. The van der Waals surface area contributed by atoms with Gasteiger partial charge in [0.05, 0.1) is 5.90 Å². The fourth-order valence-electron chi connectivity index (χ4n) is 0. The molecule has 0 heterocycles. The third-order valence-corrected chi connectivity index (χ3v) is 0.0667. The van der Waals surface area contributed by atoms with Crippen molar-refractivity contribution >= 4 is 0 Å². The Balaban J connectivity index is 2.85. The number of rotatable bonds is 1. The molecule has 0 atom stereocenters. The van der Waals surface area contributed by atoms with Crippen molar-refractivity contribution < 1.29 is 10.0 Å².